The van der Waals surface area contributed by atoms with Crippen LogP contribution in [0.4, 0.5) is 5.95 Å². The van der Waals surface area contributed by atoms with Gasteiger partial charge in [0.05, 0.1) is 17.8 Å². The van der Waals surface area contributed by atoms with Gasteiger partial charge in [-0.3, -0.25) is 0 Å². The van der Waals surface area contributed by atoms with Crippen molar-refractivity contribution in [2.24, 2.45) is 5.92 Å². The summed E-state index contributed by atoms with van der Waals surface area (Å²) in [6, 6.07) is 0.490. The number of ether oxygens (including phenoxy) is 1. The van der Waals surface area contributed by atoms with E-state index < -0.39 is 0 Å². The lowest BCUT2D eigenvalue weighted by atomic mass is 9.94. The van der Waals surface area contributed by atoms with Gasteiger partial charge in [-0.05, 0) is 41.6 Å². The van der Waals surface area contributed by atoms with Crippen LogP contribution in [0, 0.1) is 5.92 Å². The van der Waals surface area contributed by atoms with E-state index in [1.54, 1.807) is 13.3 Å². The Morgan fingerprint density at radius 3 is 2.88 bits per heavy atom. The van der Waals surface area contributed by atoms with Crippen molar-refractivity contribution in [2.75, 3.05) is 18.6 Å². The molecule has 0 spiro atoms. The predicted molar refractivity (Wildman–Crippen MR) is 71.5 cm³/mol. The second kappa shape index (κ2) is 5.21. The summed E-state index contributed by atoms with van der Waals surface area (Å²) in [5.74, 6) is 2.16. The van der Waals surface area contributed by atoms with Crippen molar-refractivity contribution in [3.63, 3.8) is 0 Å². The molecule has 0 N–H and O–H groups in total. The molecule has 2 rings (SSSR count). The van der Waals surface area contributed by atoms with Crippen LogP contribution in [-0.2, 0) is 0 Å². The third-order valence-corrected chi connectivity index (χ3v) is 3.83. The molecule has 0 saturated carbocycles. The fourth-order valence-electron chi connectivity index (χ4n) is 2.33. The van der Waals surface area contributed by atoms with Crippen molar-refractivity contribution in [3.05, 3.63) is 10.7 Å². The lowest BCUT2D eigenvalue weighted by Gasteiger charge is -2.36. The minimum Gasteiger partial charge on any atom is -0.480 e. The molecule has 1 aromatic rings. The molecule has 0 aliphatic carbocycles. The molecule has 17 heavy (non-hydrogen) atoms. The van der Waals surface area contributed by atoms with E-state index in [9.17, 15) is 0 Å². The van der Waals surface area contributed by atoms with Crippen LogP contribution in [0.5, 0.6) is 5.88 Å². The molecule has 0 amide bonds. The molecule has 1 fully saturated rings. The highest BCUT2D eigenvalue weighted by atomic mass is 79.9. The Morgan fingerprint density at radius 1 is 1.47 bits per heavy atom. The summed E-state index contributed by atoms with van der Waals surface area (Å²) in [5, 5.41) is 0. The quantitative estimate of drug-likeness (QED) is 0.842. The summed E-state index contributed by atoms with van der Waals surface area (Å²) in [7, 11) is 1.62. The topological polar surface area (TPSA) is 38.2 Å². The minimum absolute atomic E-state index is 0.490. The molecular formula is C12H18BrN3O. The molecule has 5 heteroatoms. The first-order chi connectivity index (χ1) is 8.11. The fourth-order valence-corrected chi connectivity index (χ4v) is 2.68. The standard InChI is InChI=1S/C12H18BrN3O/c1-8-4-5-16(9(2)6-8)12-14-7-10(13)11(15-12)17-3/h7-9H,4-6H2,1-3H3. The summed E-state index contributed by atoms with van der Waals surface area (Å²) in [4.78, 5) is 11.1. The highest BCUT2D eigenvalue weighted by molar-refractivity contribution is 9.10. The molecule has 4 nitrogen and oxygen atoms in total. The molecule has 2 atom stereocenters. The Morgan fingerprint density at radius 2 is 2.24 bits per heavy atom. The molecule has 94 valence electrons. The molecule has 0 aromatic carbocycles. The lowest BCUT2D eigenvalue weighted by molar-refractivity contribution is 0.367. The van der Waals surface area contributed by atoms with Gasteiger partial charge in [-0.25, -0.2) is 4.98 Å². The maximum Gasteiger partial charge on any atom is 0.232 e. The van der Waals surface area contributed by atoms with Gasteiger partial charge in [-0.1, -0.05) is 6.92 Å². The molecule has 2 unspecified atom stereocenters. The van der Waals surface area contributed by atoms with Crippen molar-refractivity contribution < 1.29 is 4.74 Å². The van der Waals surface area contributed by atoms with Crippen LogP contribution < -0.4 is 9.64 Å². The molecule has 1 aromatic heterocycles. The van der Waals surface area contributed by atoms with Gasteiger partial charge in [0.25, 0.3) is 0 Å². The van der Waals surface area contributed by atoms with Gasteiger partial charge < -0.3 is 9.64 Å². The van der Waals surface area contributed by atoms with Crippen LogP contribution in [0.2, 0.25) is 0 Å². The molecular weight excluding hydrogens is 282 g/mol. The molecule has 1 saturated heterocycles. The van der Waals surface area contributed by atoms with Gasteiger partial charge in [-0.2, -0.15) is 4.98 Å². The molecule has 2 heterocycles. The van der Waals surface area contributed by atoms with Gasteiger partial charge in [0.2, 0.25) is 11.8 Å². The summed E-state index contributed by atoms with van der Waals surface area (Å²) < 4.78 is 6.00. The van der Waals surface area contributed by atoms with E-state index in [4.69, 9.17) is 4.74 Å². The van der Waals surface area contributed by atoms with Crippen molar-refractivity contribution in [3.8, 4) is 5.88 Å². The zero-order valence-electron chi connectivity index (χ0n) is 10.5. The van der Waals surface area contributed by atoms with Crippen LogP contribution >= 0.6 is 15.9 Å². The summed E-state index contributed by atoms with van der Waals surface area (Å²) >= 11 is 3.37. The number of rotatable bonds is 2. The van der Waals surface area contributed by atoms with Crippen LogP contribution in [0.25, 0.3) is 0 Å². The zero-order valence-corrected chi connectivity index (χ0v) is 12.1. The average Bonchev–Trinajstić information content (AvgIpc) is 2.30. The Labute approximate surface area is 111 Å². The van der Waals surface area contributed by atoms with Crippen molar-refractivity contribution in [1.29, 1.82) is 0 Å². The van der Waals surface area contributed by atoms with Gasteiger partial charge in [-0.15, -0.1) is 0 Å². The predicted octanol–water partition coefficient (Wildman–Crippen LogP) is 2.87. The molecule has 0 radical (unpaired) electrons. The van der Waals surface area contributed by atoms with Crippen LogP contribution in [0.3, 0.4) is 0 Å². The van der Waals surface area contributed by atoms with E-state index in [0.29, 0.717) is 11.9 Å². The second-order valence-electron chi connectivity index (χ2n) is 4.70. The maximum absolute atomic E-state index is 5.21. The average molecular weight is 300 g/mol. The Kier molecular flexibility index (Phi) is 3.86. The van der Waals surface area contributed by atoms with E-state index in [0.717, 1.165) is 22.9 Å². The number of methoxy groups -OCH3 is 1. The van der Waals surface area contributed by atoms with Gasteiger partial charge in [0.1, 0.15) is 0 Å². The van der Waals surface area contributed by atoms with E-state index >= 15 is 0 Å². The van der Waals surface area contributed by atoms with Crippen LogP contribution in [0.15, 0.2) is 10.7 Å². The number of hydrogen-bond acceptors (Lipinski definition) is 4. The minimum atomic E-state index is 0.490. The number of nitrogens with zero attached hydrogens (tertiary/aromatic N) is 3. The summed E-state index contributed by atoms with van der Waals surface area (Å²) in [6.07, 6.45) is 4.15. The van der Waals surface area contributed by atoms with Crippen molar-refractivity contribution >= 4 is 21.9 Å². The third kappa shape index (κ3) is 2.70. The SMILES string of the molecule is COc1nc(N2CCC(C)CC2C)ncc1Br. The fraction of sp³-hybridized carbons (Fsp3) is 0.667. The number of hydrogen-bond donors (Lipinski definition) is 0. The van der Waals surface area contributed by atoms with Crippen molar-refractivity contribution in [2.45, 2.75) is 32.7 Å². The maximum atomic E-state index is 5.21. The van der Waals surface area contributed by atoms with E-state index in [1.165, 1.54) is 12.8 Å². The first-order valence-corrected chi connectivity index (χ1v) is 6.74. The van der Waals surface area contributed by atoms with Crippen molar-refractivity contribution in [1.82, 2.24) is 9.97 Å². The van der Waals surface area contributed by atoms with E-state index in [-0.39, 0.29) is 0 Å². The normalized spacial score (nSPS) is 24.8. The van der Waals surface area contributed by atoms with Gasteiger partial charge in [0, 0.05) is 12.6 Å². The number of piperidine rings is 1. The second-order valence-corrected chi connectivity index (χ2v) is 5.55. The summed E-state index contributed by atoms with van der Waals surface area (Å²) in [6.45, 7) is 5.55. The number of aromatic nitrogens is 2. The van der Waals surface area contributed by atoms with E-state index in [2.05, 4.69) is 44.6 Å². The Bertz CT molecular complexity index is 399. The number of anilines is 1. The molecule has 0 bridgehead atoms. The largest absolute Gasteiger partial charge is 0.480 e. The lowest BCUT2D eigenvalue weighted by Crippen LogP contribution is -2.41. The van der Waals surface area contributed by atoms with E-state index in [1.807, 2.05) is 0 Å². The first kappa shape index (κ1) is 12.6. The summed E-state index contributed by atoms with van der Waals surface area (Å²) in [5.41, 5.74) is 0. The van der Waals surface area contributed by atoms with Crippen LogP contribution in [-0.4, -0.2) is 29.7 Å². The van der Waals surface area contributed by atoms with Gasteiger partial charge >= 0.3 is 0 Å². The smallest absolute Gasteiger partial charge is 0.232 e. The van der Waals surface area contributed by atoms with Gasteiger partial charge in [0.15, 0.2) is 0 Å². The zero-order chi connectivity index (χ0) is 12.4. The highest BCUT2D eigenvalue weighted by Crippen LogP contribution is 2.28. The van der Waals surface area contributed by atoms with Crippen LogP contribution in [0.1, 0.15) is 26.7 Å². The molecule has 1 aliphatic rings. The number of halogens is 1. The first-order valence-electron chi connectivity index (χ1n) is 5.95. The Hall–Kier alpha value is -0.840. The Balaban J connectivity index is 2.22. The highest BCUT2D eigenvalue weighted by Gasteiger charge is 2.25. The molecule has 1 aliphatic heterocycles. The monoisotopic (exact) mass is 299 g/mol. The third-order valence-electron chi connectivity index (χ3n) is 3.29.